The fourth-order valence-electron chi connectivity index (χ4n) is 2.58. The molecule has 0 aliphatic heterocycles. The Morgan fingerprint density at radius 2 is 1.47 bits per heavy atom. The number of esters is 1. The molecule has 3 amide bonds. The van der Waals surface area contributed by atoms with Gasteiger partial charge in [-0.3, -0.25) is 19.7 Å². The van der Waals surface area contributed by atoms with Crippen LogP contribution < -0.4 is 20.1 Å². The third-order valence-corrected chi connectivity index (χ3v) is 4.07. The lowest BCUT2D eigenvalue weighted by molar-refractivity contribution is -0.123. The van der Waals surface area contributed by atoms with Crippen LogP contribution in [0, 0.1) is 0 Å². The molecule has 1 aromatic carbocycles. The number of benzene rings is 1. The highest BCUT2D eigenvalue weighted by atomic mass is 16.5. The number of hydrogen-bond donors (Lipinski definition) is 2. The van der Waals surface area contributed by atoms with Crippen molar-refractivity contribution in [3.05, 3.63) is 66.0 Å². The first kappa shape index (κ1) is 22.2. The summed E-state index contributed by atoms with van der Waals surface area (Å²) in [5.74, 6) is -2.88. The van der Waals surface area contributed by atoms with E-state index in [4.69, 9.17) is 23.0 Å². The number of imide groups is 1. The summed E-state index contributed by atoms with van der Waals surface area (Å²) < 4.78 is 25.3. The van der Waals surface area contributed by atoms with Crippen molar-refractivity contribution in [2.24, 2.45) is 0 Å². The van der Waals surface area contributed by atoms with Crippen molar-refractivity contribution < 1.29 is 42.2 Å². The molecular weight excluding hydrogens is 424 g/mol. The van der Waals surface area contributed by atoms with Gasteiger partial charge in [0.15, 0.2) is 29.6 Å². The Hall–Kier alpha value is -4.54. The highest BCUT2D eigenvalue weighted by Crippen LogP contribution is 2.34. The van der Waals surface area contributed by atoms with Gasteiger partial charge >= 0.3 is 5.97 Å². The van der Waals surface area contributed by atoms with Crippen LogP contribution in [0.5, 0.6) is 11.5 Å². The first-order valence-corrected chi connectivity index (χ1v) is 9.08. The van der Waals surface area contributed by atoms with E-state index in [-0.39, 0.29) is 34.3 Å². The highest BCUT2D eigenvalue weighted by Gasteiger charge is 2.22. The van der Waals surface area contributed by atoms with E-state index >= 15 is 0 Å². The molecule has 2 aromatic heterocycles. The average Bonchev–Trinajstić information content (AvgIpc) is 3.51. The predicted octanol–water partition coefficient (Wildman–Crippen LogP) is 2.26. The molecule has 3 aromatic rings. The number of amides is 3. The van der Waals surface area contributed by atoms with Crippen LogP contribution >= 0.6 is 0 Å². The van der Waals surface area contributed by atoms with Gasteiger partial charge in [0.2, 0.25) is 0 Å². The smallest absolute Gasteiger partial charge is 0.340 e. The summed E-state index contributed by atoms with van der Waals surface area (Å²) >= 11 is 0. The number of carbonyl (C=O) groups is 4. The summed E-state index contributed by atoms with van der Waals surface area (Å²) in [6.07, 6.45) is 2.59. The zero-order chi connectivity index (χ0) is 23.1. The summed E-state index contributed by atoms with van der Waals surface area (Å²) in [6.45, 7) is -0.759. The van der Waals surface area contributed by atoms with Gasteiger partial charge < -0.3 is 28.4 Å². The van der Waals surface area contributed by atoms with Gasteiger partial charge in [-0.25, -0.2) is 4.79 Å². The molecule has 2 heterocycles. The second-order valence-electron chi connectivity index (χ2n) is 6.11. The maximum Gasteiger partial charge on any atom is 0.340 e. The molecule has 0 radical (unpaired) electrons. The van der Waals surface area contributed by atoms with Crippen molar-refractivity contribution in [3.63, 3.8) is 0 Å². The topological polar surface area (TPSA) is 146 Å². The quantitative estimate of drug-likeness (QED) is 0.501. The normalized spacial score (nSPS) is 10.2. The van der Waals surface area contributed by atoms with E-state index in [1.165, 1.54) is 63.1 Å². The Balaban J connectivity index is 1.75. The van der Waals surface area contributed by atoms with Crippen LogP contribution in [0.4, 0.5) is 5.69 Å². The van der Waals surface area contributed by atoms with Crippen LogP contribution in [0.3, 0.4) is 0 Å². The molecule has 2 N–H and O–H groups in total. The van der Waals surface area contributed by atoms with Crippen LogP contribution in [0.1, 0.15) is 31.5 Å². The molecule has 32 heavy (non-hydrogen) atoms. The summed E-state index contributed by atoms with van der Waals surface area (Å²) in [5.41, 5.74) is -0.0890. The van der Waals surface area contributed by atoms with Crippen molar-refractivity contribution in [2.45, 2.75) is 0 Å². The van der Waals surface area contributed by atoms with Gasteiger partial charge in [-0.15, -0.1) is 0 Å². The lowest BCUT2D eigenvalue weighted by Gasteiger charge is -2.15. The van der Waals surface area contributed by atoms with Gasteiger partial charge in [0.25, 0.3) is 17.7 Å². The molecule has 0 aliphatic carbocycles. The van der Waals surface area contributed by atoms with Crippen LogP contribution in [0.15, 0.2) is 57.8 Å². The molecule has 0 saturated heterocycles. The number of carbonyl (C=O) groups excluding carboxylic acids is 4. The number of ether oxygens (including phenoxy) is 3. The monoisotopic (exact) mass is 442 g/mol. The fourth-order valence-corrected chi connectivity index (χ4v) is 2.58. The number of rotatable bonds is 8. The van der Waals surface area contributed by atoms with E-state index in [1.54, 1.807) is 0 Å². The lowest BCUT2D eigenvalue weighted by atomic mass is 10.1. The summed E-state index contributed by atoms with van der Waals surface area (Å²) in [7, 11) is 2.75. The van der Waals surface area contributed by atoms with Crippen LogP contribution in [0.2, 0.25) is 0 Å². The molecule has 0 fully saturated rings. The van der Waals surface area contributed by atoms with E-state index in [0.717, 1.165) is 0 Å². The van der Waals surface area contributed by atoms with Crippen molar-refractivity contribution in [1.29, 1.82) is 0 Å². The summed E-state index contributed by atoms with van der Waals surface area (Å²) in [4.78, 5) is 48.8. The van der Waals surface area contributed by atoms with E-state index in [2.05, 4.69) is 5.32 Å². The predicted molar refractivity (Wildman–Crippen MR) is 108 cm³/mol. The van der Waals surface area contributed by atoms with Crippen LogP contribution in [0.25, 0.3) is 0 Å². The fraction of sp³-hybridized carbons (Fsp3) is 0.143. The standard InChI is InChI=1S/C21H18N2O9/c1-28-16-9-12(13(10-17(16)29-2)22-19(25)14-5-3-7-30-14)21(27)32-11-18(24)23-20(26)15-6-4-8-31-15/h3-10H,11H2,1-2H3,(H,22,25)(H,23,24,26). The number of methoxy groups -OCH3 is 2. The number of anilines is 1. The molecule has 166 valence electrons. The van der Waals surface area contributed by atoms with Gasteiger partial charge in [0.05, 0.1) is 38.0 Å². The summed E-state index contributed by atoms with van der Waals surface area (Å²) in [5, 5.41) is 4.54. The first-order chi connectivity index (χ1) is 15.4. The minimum Gasteiger partial charge on any atom is -0.493 e. The maximum absolute atomic E-state index is 12.6. The first-order valence-electron chi connectivity index (χ1n) is 9.08. The third kappa shape index (κ3) is 5.14. The van der Waals surface area contributed by atoms with Gasteiger partial charge in [0.1, 0.15) is 0 Å². The molecule has 3 rings (SSSR count). The minimum absolute atomic E-state index is 0.00918. The van der Waals surface area contributed by atoms with Gasteiger partial charge in [-0.1, -0.05) is 0 Å². The maximum atomic E-state index is 12.6. The Morgan fingerprint density at radius 1 is 0.875 bits per heavy atom. The molecule has 11 nitrogen and oxygen atoms in total. The average molecular weight is 442 g/mol. The molecule has 0 atom stereocenters. The Kier molecular flexibility index (Phi) is 6.91. The van der Waals surface area contributed by atoms with Gasteiger partial charge in [0, 0.05) is 12.1 Å². The number of nitrogens with one attached hydrogen (secondary N) is 2. The van der Waals surface area contributed by atoms with Crippen LogP contribution in [-0.4, -0.2) is 44.5 Å². The molecule has 0 bridgehead atoms. The Morgan fingerprint density at radius 3 is 2.03 bits per heavy atom. The molecular formula is C21H18N2O9. The molecule has 0 unspecified atom stereocenters. The SMILES string of the molecule is COc1cc(NC(=O)c2ccco2)c(C(=O)OCC(=O)NC(=O)c2ccco2)cc1OC. The molecule has 11 heteroatoms. The Bertz CT molecular complexity index is 1120. The van der Waals surface area contributed by atoms with Crippen molar-refractivity contribution in [1.82, 2.24) is 5.32 Å². The van der Waals surface area contributed by atoms with Gasteiger partial charge in [-0.05, 0) is 24.3 Å². The van der Waals surface area contributed by atoms with E-state index in [1.807, 2.05) is 5.32 Å². The largest absolute Gasteiger partial charge is 0.493 e. The molecule has 0 aliphatic rings. The van der Waals surface area contributed by atoms with E-state index < -0.39 is 30.3 Å². The second kappa shape index (κ2) is 9.98. The third-order valence-electron chi connectivity index (χ3n) is 4.07. The second-order valence-corrected chi connectivity index (χ2v) is 6.11. The van der Waals surface area contributed by atoms with Gasteiger partial charge in [-0.2, -0.15) is 0 Å². The van der Waals surface area contributed by atoms with Crippen molar-refractivity contribution in [2.75, 3.05) is 26.1 Å². The Labute approximate surface area is 181 Å². The van der Waals surface area contributed by atoms with Crippen molar-refractivity contribution in [3.8, 4) is 11.5 Å². The highest BCUT2D eigenvalue weighted by molar-refractivity contribution is 6.08. The zero-order valence-electron chi connectivity index (χ0n) is 17.0. The summed E-state index contributed by atoms with van der Waals surface area (Å²) in [6, 6.07) is 8.46. The number of furan rings is 2. The zero-order valence-corrected chi connectivity index (χ0v) is 17.0. The van der Waals surface area contributed by atoms with Crippen LogP contribution in [-0.2, 0) is 9.53 Å². The lowest BCUT2D eigenvalue weighted by Crippen LogP contribution is -2.34. The van der Waals surface area contributed by atoms with E-state index in [9.17, 15) is 19.2 Å². The van der Waals surface area contributed by atoms with Crippen molar-refractivity contribution >= 4 is 29.4 Å². The van der Waals surface area contributed by atoms with E-state index in [0.29, 0.717) is 0 Å². The number of hydrogen-bond acceptors (Lipinski definition) is 9. The minimum atomic E-state index is -0.957. The molecule has 0 spiro atoms. The molecule has 0 saturated carbocycles.